The van der Waals surface area contributed by atoms with Gasteiger partial charge in [0.05, 0.1) is 7.11 Å². The molecular weight excluding hydrogens is 402 g/mol. The average Bonchev–Trinajstić information content (AvgIpc) is 3.27. The van der Waals surface area contributed by atoms with Crippen LogP contribution in [0.4, 0.5) is 0 Å². The molecule has 5 heteroatoms. The van der Waals surface area contributed by atoms with Crippen molar-refractivity contribution in [1.29, 1.82) is 0 Å². The highest BCUT2D eigenvalue weighted by molar-refractivity contribution is 7.98. The summed E-state index contributed by atoms with van der Waals surface area (Å²) < 4.78 is 7.42. The van der Waals surface area contributed by atoms with E-state index in [1.54, 1.807) is 18.9 Å². The molecule has 0 unspecified atom stereocenters. The van der Waals surface area contributed by atoms with E-state index in [1.807, 2.05) is 42.5 Å². The maximum Gasteiger partial charge on any atom is 0.196 e. The first-order valence-electron chi connectivity index (χ1n) is 10.1. The summed E-state index contributed by atoms with van der Waals surface area (Å²) in [7, 11) is 1.67. The number of aromatic nitrogens is 3. The summed E-state index contributed by atoms with van der Waals surface area (Å²) in [5.41, 5.74) is 3.32. The summed E-state index contributed by atoms with van der Waals surface area (Å²) in [6.07, 6.45) is 0. The van der Waals surface area contributed by atoms with Gasteiger partial charge in [0.25, 0.3) is 0 Å². The molecule has 5 rings (SSSR count). The lowest BCUT2D eigenvalue weighted by atomic mass is 10.1. The number of hydrogen-bond acceptors (Lipinski definition) is 4. The number of benzene rings is 4. The third-order valence-electron chi connectivity index (χ3n) is 5.23. The summed E-state index contributed by atoms with van der Waals surface area (Å²) in [6, 6.07) is 33.1. The molecule has 31 heavy (non-hydrogen) atoms. The second-order valence-electron chi connectivity index (χ2n) is 7.13. The lowest BCUT2D eigenvalue weighted by Gasteiger charge is -2.11. The number of nitrogens with zero attached hydrogens (tertiary/aromatic N) is 3. The zero-order valence-electron chi connectivity index (χ0n) is 17.1. The number of thioether (sulfide) groups is 1. The second-order valence-corrected chi connectivity index (χ2v) is 8.08. The first-order valence-corrected chi connectivity index (χ1v) is 11.1. The summed E-state index contributed by atoms with van der Waals surface area (Å²) >= 11 is 1.70. The fraction of sp³-hybridized carbons (Fsp3) is 0.0769. The fourth-order valence-corrected chi connectivity index (χ4v) is 4.62. The quantitative estimate of drug-likeness (QED) is 0.297. The molecule has 0 aliphatic rings. The molecule has 0 saturated heterocycles. The Labute approximate surface area is 185 Å². The highest BCUT2D eigenvalue weighted by Crippen LogP contribution is 2.32. The monoisotopic (exact) mass is 423 g/mol. The Morgan fingerprint density at radius 2 is 1.52 bits per heavy atom. The van der Waals surface area contributed by atoms with Crippen LogP contribution in [0, 0.1) is 0 Å². The van der Waals surface area contributed by atoms with Crippen LogP contribution < -0.4 is 4.74 Å². The Balaban J connectivity index is 1.53. The van der Waals surface area contributed by atoms with Crippen LogP contribution in [0.3, 0.4) is 0 Å². The van der Waals surface area contributed by atoms with E-state index in [4.69, 9.17) is 4.74 Å². The van der Waals surface area contributed by atoms with Crippen molar-refractivity contribution in [3.05, 3.63) is 103 Å². The van der Waals surface area contributed by atoms with Gasteiger partial charge in [0, 0.05) is 17.0 Å². The molecule has 1 heterocycles. The molecule has 0 atom stereocenters. The fourth-order valence-electron chi connectivity index (χ4n) is 3.66. The van der Waals surface area contributed by atoms with Crippen molar-refractivity contribution in [3.63, 3.8) is 0 Å². The highest BCUT2D eigenvalue weighted by Gasteiger charge is 2.16. The van der Waals surface area contributed by atoms with Gasteiger partial charge in [0.1, 0.15) is 5.75 Å². The van der Waals surface area contributed by atoms with Gasteiger partial charge < -0.3 is 4.74 Å². The van der Waals surface area contributed by atoms with Crippen LogP contribution in [0.5, 0.6) is 5.75 Å². The van der Waals surface area contributed by atoms with Crippen LogP contribution in [0.1, 0.15) is 5.56 Å². The lowest BCUT2D eigenvalue weighted by molar-refractivity contribution is 0.415. The first-order chi connectivity index (χ1) is 15.3. The first kappa shape index (κ1) is 19.4. The number of hydrogen-bond donors (Lipinski definition) is 0. The van der Waals surface area contributed by atoms with Crippen molar-refractivity contribution in [2.45, 2.75) is 10.9 Å². The second kappa shape index (κ2) is 8.66. The third kappa shape index (κ3) is 3.92. The topological polar surface area (TPSA) is 39.9 Å². The third-order valence-corrected chi connectivity index (χ3v) is 6.21. The molecule has 0 saturated carbocycles. The van der Waals surface area contributed by atoms with Gasteiger partial charge >= 0.3 is 0 Å². The van der Waals surface area contributed by atoms with Crippen molar-refractivity contribution in [1.82, 2.24) is 14.8 Å². The van der Waals surface area contributed by atoms with Gasteiger partial charge in [0.2, 0.25) is 0 Å². The molecule has 0 amide bonds. The normalized spacial score (nSPS) is 11.0. The standard InChI is InChI=1S/C26H21N3OS/c1-30-23-16-14-20(15-17-23)25-27-28-26(29(25)22-11-3-2-4-12-22)31-18-21-10-7-9-19-8-5-6-13-24(19)21/h2-17H,18H2,1H3. The van der Waals surface area contributed by atoms with Crippen molar-refractivity contribution < 1.29 is 4.74 Å². The molecule has 0 fully saturated rings. The van der Waals surface area contributed by atoms with Crippen LogP contribution in [0.15, 0.2) is 102 Å². The van der Waals surface area contributed by atoms with Crippen LogP contribution in [-0.4, -0.2) is 21.9 Å². The van der Waals surface area contributed by atoms with Crippen molar-refractivity contribution >= 4 is 22.5 Å². The number of para-hydroxylation sites is 1. The predicted octanol–water partition coefficient (Wildman–Crippen LogP) is 6.39. The van der Waals surface area contributed by atoms with Gasteiger partial charge in [-0.15, -0.1) is 10.2 Å². The van der Waals surface area contributed by atoms with Gasteiger partial charge in [-0.3, -0.25) is 4.57 Å². The Hall–Kier alpha value is -3.57. The van der Waals surface area contributed by atoms with Gasteiger partial charge in [-0.1, -0.05) is 72.4 Å². The van der Waals surface area contributed by atoms with Crippen LogP contribution in [0.25, 0.3) is 27.8 Å². The molecule has 0 aliphatic carbocycles. The van der Waals surface area contributed by atoms with E-state index < -0.39 is 0 Å². The minimum absolute atomic E-state index is 0.814. The SMILES string of the molecule is COc1ccc(-c2nnc(SCc3cccc4ccccc34)n2-c2ccccc2)cc1. The van der Waals surface area contributed by atoms with E-state index in [1.165, 1.54) is 16.3 Å². The van der Waals surface area contributed by atoms with Crippen LogP contribution >= 0.6 is 11.8 Å². The molecule has 0 spiro atoms. The minimum atomic E-state index is 0.814. The largest absolute Gasteiger partial charge is 0.497 e. The number of fused-ring (bicyclic) bond motifs is 1. The molecule has 0 radical (unpaired) electrons. The molecule has 0 N–H and O–H groups in total. The molecule has 4 nitrogen and oxygen atoms in total. The smallest absolute Gasteiger partial charge is 0.196 e. The van der Waals surface area contributed by atoms with Crippen LogP contribution in [0.2, 0.25) is 0 Å². The Morgan fingerprint density at radius 3 is 2.32 bits per heavy atom. The molecule has 4 aromatic carbocycles. The Bertz CT molecular complexity index is 1310. The molecule has 152 valence electrons. The zero-order valence-corrected chi connectivity index (χ0v) is 17.9. The maximum atomic E-state index is 5.30. The zero-order chi connectivity index (χ0) is 21.0. The van der Waals surface area contributed by atoms with E-state index in [0.717, 1.165) is 33.7 Å². The van der Waals surface area contributed by atoms with Crippen molar-refractivity contribution in [2.24, 2.45) is 0 Å². The molecule has 0 bridgehead atoms. The minimum Gasteiger partial charge on any atom is -0.497 e. The average molecular weight is 424 g/mol. The Kier molecular flexibility index (Phi) is 5.42. The van der Waals surface area contributed by atoms with E-state index in [9.17, 15) is 0 Å². The molecule has 1 aromatic heterocycles. The van der Waals surface area contributed by atoms with E-state index in [0.29, 0.717) is 0 Å². The van der Waals surface area contributed by atoms with Gasteiger partial charge in [-0.25, -0.2) is 0 Å². The number of ether oxygens (including phenoxy) is 1. The van der Waals surface area contributed by atoms with Gasteiger partial charge in [-0.2, -0.15) is 0 Å². The summed E-state index contributed by atoms with van der Waals surface area (Å²) in [4.78, 5) is 0. The van der Waals surface area contributed by atoms with Crippen LogP contribution in [-0.2, 0) is 5.75 Å². The molecule has 0 aliphatic heterocycles. The number of rotatable bonds is 6. The molecule has 5 aromatic rings. The lowest BCUT2D eigenvalue weighted by Crippen LogP contribution is -1.99. The van der Waals surface area contributed by atoms with Gasteiger partial charge in [0.15, 0.2) is 11.0 Å². The summed E-state index contributed by atoms with van der Waals surface area (Å²) in [5.74, 6) is 2.45. The van der Waals surface area contributed by atoms with Crippen molar-refractivity contribution in [2.75, 3.05) is 7.11 Å². The van der Waals surface area contributed by atoms with Gasteiger partial charge in [-0.05, 0) is 52.7 Å². The predicted molar refractivity (Wildman–Crippen MR) is 127 cm³/mol. The maximum absolute atomic E-state index is 5.30. The summed E-state index contributed by atoms with van der Waals surface area (Å²) in [5, 5.41) is 12.5. The van der Waals surface area contributed by atoms with Crippen molar-refractivity contribution in [3.8, 4) is 22.8 Å². The highest BCUT2D eigenvalue weighted by atomic mass is 32.2. The van der Waals surface area contributed by atoms with E-state index >= 15 is 0 Å². The number of methoxy groups -OCH3 is 1. The van der Waals surface area contributed by atoms with E-state index in [2.05, 4.69) is 69.4 Å². The van der Waals surface area contributed by atoms with E-state index in [-0.39, 0.29) is 0 Å². The Morgan fingerprint density at radius 1 is 0.774 bits per heavy atom. The summed E-state index contributed by atoms with van der Waals surface area (Å²) in [6.45, 7) is 0. The molecular formula is C26H21N3OS.